The topological polar surface area (TPSA) is 106 Å². The van der Waals surface area contributed by atoms with Gasteiger partial charge in [-0.2, -0.15) is 10.1 Å². The molecular weight excluding hydrogens is 422 g/mol. The average Bonchev–Trinajstić information content (AvgIpc) is 3.39. The van der Waals surface area contributed by atoms with E-state index in [-0.39, 0.29) is 63.3 Å². The average molecular weight is 438 g/mol. The third-order valence-corrected chi connectivity index (χ3v) is 7.22. The first kappa shape index (κ1) is 18.5. The van der Waals surface area contributed by atoms with Crippen LogP contribution in [0.5, 0.6) is 0 Å². The highest BCUT2D eigenvalue weighted by molar-refractivity contribution is 6.30. The van der Waals surface area contributed by atoms with E-state index in [2.05, 4.69) is 17.3 Å². The molecule has 9 heteroatoms. The number of carbonyl (C=O) groups excluding carboxylic acids is 2. The Balaban J connectivity index is 1.26. The molecule has 2 aromatic rings. The molecule has 5 aliphatic rings. The Kier molecular flexibility index (Phi) is 3.80. The standard InChI is InChI=1S/C22H16ClN3O5/c23-10-1-3-14(17(7-10)26(29)30)18-6-2-11(31-18)9-24-25-21(27)19-12-4-5-13(16-8-15(12)16)20(19)22(25)28/h1-7,9,12-13,15-16,19-20H,8H2/t12-,13-,15-,16+,19-,20+/m0/s1. The molecule has 6 atom stereocenters. The number of amides is 2. The van der Waals surface area contributed by atoms with Crippen molar-refractivity contribution in [1.29, 1.82) is 0 Å². The molecule has 2 heterocycles. The van der Waals surface area contributed by atoms with Crippen LogP contribution in [0.4, 0.5) is 5.69 Å². The molecule has 1 aromatic carbocycles. The monoisotopic (exact) mass is 437 g/mol. The van der Waals surface area contributed by atoms with Crippen molar-refractivity contribution in [3.05, 3.63) is 63.4 Å². The molecule has 7 rings (SSSR count). The lowest BCUT2D eigenvalue weighted by molar-refractivity contribution is -0.384. The fraction of sp³-hybridized carbons (Fsp3) is 0.318. The highest BCUT2D eigenvalue weighted by Crippen LogP contribution is 2.65. The number of hydrazone groups is 1. The van der Waals surface area contributed by atoms with Crippen molar-refractivity contribution in [2.75, 3.05) is 0 Å². The number of hydrogen-bond acceptors (Lipinski definition) is 6. The fourth-order valence-corrected chi connectivity index (χ4v) is 5.77. The second-order valence-electron chi connectivity index (χ2n) is 8.51. The molecule has 31 heavy (non-hydrogen) atoms. The summed E-state index contributed by atoms with van der Waals surface area (Å²) in [5, 5.41) is 16.7. The van der Waals surface area contributed by atoms with E-state index < -0.39 is 4.92 Å². The third kappa shape index (κ3) is 2.64. The summed E-state index contributed by atoms with van der Waals surface area (Å²) in [4.78, 5) is 36.7. The van der Waals surface area contributed by atoms with E-state index in [4.69, 9.17) is 16.0 Å². The minimum Gasteiger partial charge on any atom is -0.455 e. The molecule has 3 fully saturated rings. The van der Waals surface area contributed by atoms with Crippen molar-refractivity contribution >= 4 is 35.3 Å². The number of carbonyl (C=O) groups is 2. The maximum Gasteiger partial charge on any atom is 0.281 e. The van der Waals surface area contributed by atoms with E-state index >= 15 is 0 Å². The summed E-state index contributed by atoms with van der Waals surface area (Å²) in [6, 6.07) is 7.45. The molecule has 1 saturated heterocycles. The first-order chi connectivity index (χ1) is 14.9. The van der Waals surface area contributed by atoms with E-state index in [9.17, 15) is 19.7 Å². The number of halogens is 1. The van der Waals surface area contributed by atoms with E-state index in [0.717, 1.165) is 11.4 Å². The number of imide groups is 1. The SMILES string of the molecule is O=C1[C@@H]2[C@H]3C=C[C@@H]([C@@H]4C[C@H]34)[C@@H]2C(=O)N1N=Cc1ccc(-c2ccc(Cl)cc2[N+](=O)[O-])o1. The van der Waals surface area contributed by atoms with Gasteiger partial charge in [0.1, 0.15) is 11.5 Å². The molecule has 8 nitrogen and oxygen atoms in total. The van der Waals surface area contributed by atoms with Crippen molar-refractivity contribution in [3.63, 3.8) is 0 Å². The predicted molar refractivity (Wildman–Crippen MR) is 110 cm³/mol. The van der Waals surface area contributed by atoms with Gasteiger partial charge in [-0.25, -0.2) is 0 Å². The van der Waals surface area contributed by atoms with Gasteiger partial charge in [-0.1, -0.05) is 23.8 Å². The van der Waals surface area contributed by atoms with Gasteiger partial charge in [0.25, 0.3) is 17.5 Å². The zero-order valence-electron chi connectivity index (χ0n) is 16.1. The van der Waals surface area contributed by atoms with Crippen LogP contribution in [0.15, 0.2) is 52.0 Å². The van der Waals surface area contributed by atoms with Crippen LogP contribution < -0.4 is 0 Å². The lowest BCUT2D eigenvalue weighted by Crippen LogP contribution is -2.40. The predicted octanol–water partition coefficient (Wildman–Crippen LogP) is 3.90. The normalized spacial score (nSPS) is 32.6. The summed E-state index contributed by atoms with van der Waals surface area (Å²) in [6.07, 6.45) is 6.62. The van der Waals surface area contributed by atoms with Gasteiger partial charge >= 0.3 is 0 Å². The van der Waals surface area contributed by atoms with Gasteiger partial charge in [0.2, 0.25) is 0 Å². The van der Waals surface area contributed by atoms with Crippen molar-refractivity contribution < 1.29 is 18.9 Å². The molecule has 0 unspecified atom stereocenters. The highest BCUT2D eigenvalue weighted by atomic mass is 35.5. The minimum atomic E-state index is -0.534. The number of nitro groups is 1. The molecule has 156 valence electrons. The molecule has 1 aromatic heterocycles. The maximum absolute atomic E-state index is 12.9. The number of rotatable bonds is 4. The van der Waals surface area contributed by atoms with Crippen LogP contribution in [0.3, 0.4) is 0 Å². The summed E-state index contributed by atoms with van der Waals surface area (Å²) in [5.74, 6) is 0.736. The zero-order chi connectivity index (χ0) is 21.4. The number of furan rings is 1. The molecule has 0 N–H and O–H groups in total. The highest BCUT2D eigenvalue weighted by Gasteiger charge is 2.67. The summed E-state index contributed by atoms with van der Waals surface area (Å²) < 4.78 is 5.67. The summed E-state index contributed by atoms with van der Waals surface area (Å²) in [7, 11) is 0. The molecule has 2 amide bonds. The second-order valence-corrected chi connectivity index (χ2v) is 8.94. The number of benzene rings is 1. The van der Waals surface area contributed by atoms with Gasteiger partial charge in [0, 0.05) is 11.1 Å². The molecule has 0 spiro atoms. The quantitative estimate of drug-likeness (QED) is 0.237. The van der Waals surface area contributed by atoms with Crippen LogP contribution in [0, 0.1) is 45.6 Å². The van der Waals surface area contributed by atoms with E-state index in [1.165, 1.54) is 24.4 Å². The van der Waals surface area contributed by atoms with Gasteiger partial charge < -0.3 is 4.42 Å². The molecule has 0 radical (unpaired) electrons. The van der Waals surface area contributed by atoms with Gasteiger partial charge in [-0.05, 0) is 54.4 Å². The van der Waals surface area contributed by atoms with Crippen LogP contribution in [-0.2, 0) is 9.59 Å². The molecular formula is C22H16ClN3O5. The van der Waals surface area contributed by atoms with Crippen LogP contribution >= 0.6 is 11.6 Å². The van der Waals surface area contributed by atoms with Gasteiger partial charge in [-0.15, -0.1) is 0 Å². The molecule has 1 aliphatic heterocycles. The number of nitrogens with zero attached hydrogens (tertiary/aromatic N) is 3. The van der Waals surface area contributed by atoms with Crippen LogP contribution in [0.1, 0.15) is 12.2 Å². The Labute approximate surface area is 181 Å². The molecule has 4 aliphatic carbocycles. The van der Waals surface area contributed by atoms with E-state index in [1.54, 1.807) is 12.1 Å². The zero-order valence-corrected chi connectivity index (χ0v) is 16.8. The van der Waals surface area contributed by atoms with Crippen molar-refractivity contribution in [1.82, 2.24) is 5.01 Å². The Morgan fingerprint density at radius 3 is 2.42 bits per heavy atom. The smallest absolute Gasteiger partial charge is 0.281 e. The summed E-state index contributed by atoms with van der Waals surface area (Å²) >= 11 is 5.86. The van der Waals surface area contributed by atoms with E-state index in [0.29, 0.717) is 11.8 Å². The first-order valence-electron chi connectivity index (χ1n) is 10.1. The number of nitro benzene ring substituents is 1. The van der Waals surface area contributed by atoms with Crippen LogP contribution in [0.2, 0.25) is 5.02 Å². The summed E-state index contributed by atoms with van der Waals surface area (Å²) in [5.41, 5.74) is 0.0936. The number of hydrogen-bond donors (Lipinski definition) is 0. The Morgan fingerprint density at radius 1 is 1.10 bits per heavy atom. The van der Waals surface area contributed by atoms with E-state index in [1.807, 2.05) is 0 Å². The minimum absolute atomic E-state index is 0.136. The lowest BCUT2D eigenvalue weighted by Gasteiger charge is -2.37. The summed E-state index contributed by atoms with van der Waals surface area (Å²) in [6.45, 7) is 0. The maximum atomic E-state index is 12.9. The fourth-order valence-electron chi connectivity index (χ4n) is 5.60. The van der Waals surface area contributed by atoms with Gasteiger partial charge in [-0.3, -0.25) is 19.7 Å². The largest absolute Gasteiger partial charge is 0.455 e. The van der Waals surface area contributed by atoms with Crippen molar-refractivity contribution in [2.24, 2.45) is 40.6 Å². The Morgan fingerprint density at radius 2 is 1.77 bits per heavy atom. The molecule has 2 bridgehead atoms. The van der Waals surface area contributed by atoms with Gasteiger partial charge in [0.15, 0.2) is 0 Å². The Hall–Kier alpha value is -3.26. The van der Waals surface area contributed by atoms with Crippen molar-refractivity contribution in [3.8, 4) is 11.3 Å². The van der Waals surface area contributed by atoms with Crippen LogP contribution in [-0.4, -0.2) is 28.0 Å². The Bertz CT molecular complexity index is 1180. The second kappa shape index (κ2) is 6.37. The lowest BCUT2D eigenvalue weighted by atomic mass is 9.63. The first-order valence-corrected chi connectivity index (χ1v) is 10.5. The van der Waals surface area contributed by atoms with Gasteiger partial charge in [0.05, 0.1) is 28.5 Å². The van der Waals surface area contributed by atoms with Crippen molar-refractivity contribution in [2.45, 2.75) is 6.42 Å². The molecule has 2 saturated carbocycles. The number of allylic oxidation sites excluding steroid dienone is 2. The third-order valence-electron chi connectivity index (χ3n) is 6.99. The van der Waals surface area contributed by atoms with Crippen LogP contribution in [0.25, 0.3) is 11.3 Å².